The summed E-state index contributed by atoms with van der Waals surface area (Å²) in [6.07, 6.45) is 0.864. The number of Topliss-reactive ketones (excluding diaryl/α,β-unsaturated/α-hetero) is 1. The predicted octanol–water partition coefficient (Wildman–Crippen LogP) is 10.3. The molecule has 0 amide bonds. The Balaban J connectivity index is 1.49. The molecule has 226 valence electrons. The number of benzene rings is 4. The number of hydrogen-bond acceptors (Lipinski definition) is 6. The van der Waals surface area contributed by atoms with E-state index in [9.17, 15) is 14.4 Å². The van der Waals surface area contributed by atoms with Crippen LogP contribution in [0.4, 0.5) is 0 Å². The molecule has 0 aromatic heterocycles. The standard InChI is InChI=1S/C37H35ClO4S2/c1-5-33(42-36(41)37(2,3)4)32(23-24-43-29-21-15-28(38)16-22-29)35(40)27-13-19-31(20-14-27)44-30-17-11-26(12-18-30)34(39)25-9-7-6-8-10-25/h6-22H,5,23-24H2,1-4H3. The van der Waals surface area contributed by atoms with Crippen LogP contribution >= 0.6 is 35.1 Å². The molecule has 0 spiro atoms. The fourth-order valence-electron chi connectivity index (χ4n) is 4.21. The highest BCUT2D eigenvalue weighted by Gasteiger charge is 2.27. The molecule has 0 aliphatic rings. The summed E-state index contributed by atoms with van der Waals surface area (Å²) in [4.78, 5) is 42.3. The van der Waals surface area contributed by atoms with Gasteiger partial charge in [0.2, 0.25) is 0 Å². The number of hydrogen-bond donors (Lipinski definition) is 0. The van der Waals surface area contributed by atoms with Crippen LogP contribution in [0.2, 0.25) is 5.02 Å². The van der Waals surface area contributed by atoms with Crippen LogP contribution in [-0.2, 0) is 9.53 Å². The number of allylic oxidation sites excluding steroid dienone is 2. The number of ether oxygens (including phenoxy) is 1. The Hall–Kier alpha value is -3.58. The highest BCUT2D eigenvalue weighted by molar-refractivity contribution is 7.99. The van der Waals surface area contributed by atoms with E-state index < -0.39 is 5.41 Å². The van der Waals surface area contributed by atoms with E-state index in [-0.39, 0.29) is 17.5 Å². The number of halogens is 1. The summed E-state index contributed by atoms with van der Waals surface area (Å²) >= 11 is 9.19. The normalized spacial score (nSPS) is 11.9. The van der Waals surface area contributed by atoms with Crippen molar-refractivity contribution in [2.24, 2.45) is 5.41 Å². The second kappa shape index (κ2) is 15.4. The molecular formula is C37H35ClO4S2. The lowest BCUT2D eigenvalue weighted by molar-refractivity contribution is -0.148. The monoisotopic (exact) mass is 642 g/mol. The van der Waals surface area contributed by atoms with Gasteiger partial charge in [0.1, 0.15) is 5.76 Å². The molecular weight excluding hydrogens is 608 g/mol. The number of carbonyl (C=O) groups excluding carboxylic acids is 3. The molecule has 0 bridgehead atoms. The van der Waals surface area contributed by atoms with E-state index in [0.29, 0.717) is 51.6 Å². The molecule has 0 unspecified atom stereocenters. The van der Waals surface area contributed by atoms with Gasteiger partial charge in [0.25, 0.3) is 0 Å². The Morgan fingerprint density at radius 2 is 1.23 bits per heavy atom. The predicted molar refractivity (Wildman–Crippen MR) is 181 cm³/mol. The van der Waals surface area contributed by atoms with Crippen LogP contribution in [-0.4, -0.2) is 23.3 Å². The molecule has 7 heteroatoms. The Morgan fingerprint density at radius 3 is 1.77 bits per heavy atom. The zero-order valence-electron chi connectivity index (χ0n) is 25.3. The molecule has 0 saturated heterocycles. The maximum absolute atomic E-state index is 13.8. The van der Waals surface area contributed by atoms with E-state index in [2.05, 4.69) is 0 Å². The third-order valence-electron chi connectivity index (χ3n) is 6.70. The SMILES string of the molecule is CCC(OC(=O)C(C)(C)C)=C(CCSc1ccc(Cl)cc1)C(=O)c1ccc(Sc2ccc(C(=O)c3ccccc3)cc2)cc1. The van der Waals surface area contributed by atoms with Gasteiger partial charge in [-0.25, -0.2) is 0 Å². The minimum Gasteiger partial charge on any atom is -0.430 e. The van der Waals surface area contributed by atoms with Crippen molar-refractivity contribution in [2.75, 3.05) is 5.75 Å². The lowest BCUT2D eigenvalue weighted by Crippen LogP contribution is -2.24. The molecule has 0 aliphatic carbocycles. The summed E-state index contributed by atoms with van der Waals surface area (Å²) in [6.45, 7) is 7.28. The third-order valence-corrected chi connectivity index (χ3v) is 8.98. The van der Waals surface area contributed by atoms with Crippen LogP contribution in [0.5, 0.6) is 0 Å². The van der Waals surface area contributed by atoms with Crippen molar-refractivity contribution in [1.29, 1.82) is 0 Å². The summed E-state index contributed by atoms with van der Waals surface area (Å²) in [5, 5.41) is 0.671. The Bertz CT molecular complexity index is 1620. The largest absolute Gasteiger partial charge is 0.430 e. The number of thioether (sulfide) groups is 1. The second-order valence-electron chi connectivity index (χ2n) is 11.1. The molecule has 0 atom stereocenters. The number of esters is 1. The Morgan fingerprint density at radius 1 is 0.705 bits per heavy atom. The highest BCUT2D eigenvalue weighted by atomic mass is 35.5. The van der Waals surface area contributed by atoms with Crippen molar-refractivity contribution in [2.45, 2.75) is 55.2 Å². The Kier molecular flexibility index (Phi) is 11.7. The number of ketones is 2. The van der Waals surface area contributed by atoms with Crippen LogP contribution in [0.15, 0.2) is 129 Å². The minimum absolute atomic E-state index is 0.0138. The smallest absolute Gasteiger partial charge is 0.316 e. The van der Waals surface area contributed by atoms with Crippen molar-refractivity contribution in [3.05, 3.63) is 136 Å². The van der Waals surface area contributed by atoms with Gasteiger partial charge in [0, 0.05) is 54.1 Å². The first-order chi connectivity index (χ1) is 21.0. The average Bonchev–Trinajstić information content (AvgIpc) is 3.03. The van der Waals surface area contributed by atoms with E-state index in [1.165, 1.54) is 0 Å². The Labute approximate surface area is 273 Å². The summed E-state index contributed by atoms with van der Waals surface area (Å²) in [6, 6.07) is 31.8. The van der Waals surface area contributed by atoms with Gasteiger partial charge in [-0.3, -0.25) is 14.4 Å². The molecule has 44 heavy (non-hydrogen) atoms. The lowest BCUT2D eigenvalue weighted by Gasteiger charge is -2.20. The van der Waals surface area contributed by atoms with Crippen LogP contribution in [0.3, 0.4) is 0 Å². The first-order valence-corrected chi connectivity index (χ1v) is 16.6. The summed E-state index contributed by atoms with van der Waals surface area (Å²) in [7, 11) is 0. The van der Waals surface area contributed by atoms with E-state index in [1.54, 1.807) is 44.3 Å². The first-order valence-electron chi connectivity index (χ1n) is 14.4. The van der Waals surface area contributed by atoms with E-state index >= 15 is 0 Å². The molecule has 0 N–H and O–H groups in total. The maximum Gasteiger partial charge on any atom is 0.316 e. The van der Waals surface area contributed by atoms with Crippen molar-refractivity contribution in [3.8, 4) is 0 Å². The zero-order chi connectivity index (χ0) is 31.7. The minimum atomic E-state index is -0.696. The van der Waals surface area contributed by atoms with Gasteiger partial charge in [-0.15, -0.1) is 11.8 Å². The molecule has 4 rings (SSSR count). The van der Waals surface area contributed by atoms with Gasteiger partial charge in [-0.05, 0) is 100.0 Å². The molecule has 0 fully saturated rings. The maximum atomic E-state index is 13.8. The van der Waals surface area contributed by atoms with Crippen LogP contribution in [0.1, 0.15) is 66.8 Å². The zero-order valence-corrected chi connectivity index (χ0v) is 27.7. The van der Waals surface area contributed by atoms with E-state index in [4.69, 9.17) is 16.3 Å². The summed E-state index contributed by atoms with van der Waals surface area (Å²) in [5.74, 6) is 0.514. The molecule has 4 aromatic rings. The molecule has 0 radical (unpaired) electrons. The van der Waals surface area contributed by atoms with Crippen LogP contribution in [0.25, 0.3) is 0 Å². The lowest BCUT2D eigenvalue weighted by atomic mass is 9.96. The topological polar surface area (TPSA) is 60.4 Å². The van der Waals surface area contributed by atoms with Crippen molar-refractivity contribution in [3.63, 3.8) is 0 Å². The van der Waals surface area contributed by atoms with Gasteiger partial charge in [0.15, 0.2) is 11.6 Å². The van der Waals surface area contributed by atoms with Gasteiger partial charge >= 0.3 is 5.97 Å². The van der Waals surface area contributed by atoms with Gasteiger partial charge in [0.05, 0.1) is 5.41 Å². The molecule has 4 aromatic carbocycles. The second-order valence-corrected chi connectivity index (χ2v) is 13.9. The van der Waals surface area contributed by atoms with E-state index in [1.807, 2.05) is 110 Å². The first kappa shape index (κ1) is 33.3. The number of rotatable bonds is 12. The third kappa shape index (κ3) is 9.21. The average molecular weight is 643 g/mol. The van der Waals surface area contributed by atoms with Crippen molar-refractivity contribution in [1.82, 2.24) is 0 Å². The van der Waals surface area contributed by atoms with Crippen molar-refractivity contribution < 1.29 is 19.1 Å². The fourth-order valence-corrected chi connectivity index (χ4v) is 6.02. The molecule has 0 saturated carbocycles. The molecule has 4 nitrogen and oxygen atoms in total. The van der Waals surface area contributed by atoms with Crippen molar-refractivity contribution >= 4 is 52.7 Å². The van der Waals surface area contributed by atoms with Crippen LogP contribution in [0, 0.1) is 5.41 Å². The van der Waals surface area contributed by atoms with Crippen LogP contribution < -0.4 is 0 Å². The molecule has 0 aliphatic heterocycles. The van der Waals surface area contributed by atoms with E-state index in [0.717, 1.165) is 14.7 Å². The summed E-state index contributed by atoms with van der Waals surface area (Å²) in [5.41, 5.74) is 1.63. The van der Waals surface area contributed by atoms with Gasteiger partial charge in [-0.2, -0.15) is 0 Å². The number of carbonyl (C=O) groups is 3. The van der Waals surface area contributed by atoms with Gasteiger partial charge in [-0.1, -0.05) is 60.6 Å². The quantitative estimate of drug-likeness (QED) is 0.0504. The summed E-state index contributed by atoms with van der Waals surface area (Å²) < 4.78 is 5.81. The fraction of sp³-hybridized carbons (Fsp3) is 0.216. The molecule has 0 heterocycles. The highest BCUT2D eigenvalue weighted by Crippen LogP contribution is 2.31. The van der Waals surface area contributed by atoms with Gasteiger partial charge < -0.3 is 4.74 Å².